The molecule has 0 bridgehead atoms. The molecule has 0 saturated carbocycles. The molecule has 9 rings (SSSR count). The number of furan rings is 1. The number of rotatable bonds is 4. The minimum Gasteiger partial charge on any atom is -0.456 e. The molecule has 0 aliphatic carbocycles. The summed E-state index contributed by atoms with van der Waals surface area (Å²) in [5, 5.41) is 4.74. The van der Waals surface area contributed by atoms with E-state index in [2.05, 4.69) is 151 Å². The van der Waals surface area contributed by atoms with Crippen molar-refractivity contribution < 1.29 is 4.42 Å². The highest BCUT2D eigenvalue weighted by molar-refractivity contribution is 6.11. The first-order valence-corrected chi connectivity index (χ1v) is 15.3. The lowest BCUT2D eigenvalue weighted by Crippen LogP contribution is -2.02. The van der Waals surface area contributed by atoms with E-state index in [0.29, 0.717) is 0 Å². The first kappa shape index (κ1) is 25.6. The highest BCUT2D eigenvalue weighted by Crippen LogP contribution is 2.38. The number of nitrogens with zero attached hydrogens (tertiary/aromatic N) is 3. The fourth-order valence-electron chi connectivity index (χ4n) is 7.07. The van der Waals surface area contributed by atoms with Crippen molar-refractivity contribution in [2.45, 2.75) is 13.8 Å². The van der Waals surface area contributed by atoms with E-state index >= 15 is 0 Å². The summed E-state index contributed by atoms with van der Waals surface area (Å²) in [6.07, 6.45) is 3.93. The van der Waals surface area contributed by atoms with E-state index in [-0.39, 0.29) is 0 Å². The molecule has 9 aromatic rings. The van der Waals surface area contributed by atoms with Gasteiger partial charge in [-0.05, 0) is 90.7 Å². The van der Waals surface area contributed by atoms with Gasteiger partial charge in [0.05, 0.1) is 16.7 Å². The van der Waals surface area contributed by atoms with Gasteiger partial charge in [-0.2, -0.15) is 0 Å². The maximum atomic E-state index is 6.34. The topological polar surface area (TPSA) is 35.9 Å². The Hall–Kier alpha value is -5.87. The van der Waals surface area contributed by atoms with Crippen LogP contribution >= 0.6 is 0 Å². The molecule has 45 heavy (non-hydrogen) atoms. The molecular formula is C41H29N3O. The number of hydrogen-bond acceptors (Lipinski definition) is 2. The standard InChI is InChI=1S/C41H29N3O/c1-26-22-30(23-27(2)40(26)43-21-20-42-41(43)28-10-4-3-5-11-28)29-16-18-38-34(24-29)35-25-31(17-19-39(35)45-38)44-36-14-8-6-12-32(36)33-13-7-9-15-37(33)44/h3-25H,1-2H3. The lowest BCUT2D eigenvalue weighted by atomic mass is 9.97. The van der Waals surface area contributed by atoms with Crippen molar-refractivity contribution in [1.82, 2.24) is 14.1 Å². The summed E-state index contributed by atoms with van der Waals surface area (Å²) in [7, 11) is 0. The Balaban J connectivity index is 1.17. The van der Waals surface area contributed by atoms with Crippen molar-refractivity contribution in [2.24, 2.45) is 0 Å². The van der Waals surface area contributed by atoms with Gasteiger partial charge in [-0.25, -0.2) is 4.98 Å². The molecule has 0 spiro atoms. The minimum absolute atomic E-state index is 0.892. The fraction of sp³-hybridized carbons (Fsp3) is 0.0488. The molecule has 0 fully saturated rings. The Bertz CT molecular complexity index is 2490. The Kier molecular flexibility index (Phi) is 5.59. The van der Waals surface area contributed by atoms with E-state index in [1.807, 2.05) is 12.3 Å². The number of hydrogen-bond donors (Lipinski definition) is 0. The number of benzene rings is 6. The highest BCUT2D eigenvalue weighted by atomic mass is 16.3. The van der Waals surface area contributed by atoms with Crippen LogP contribution in [0.1, 0.15) is 11.1 Å². The second kappa shape index (κ2) is 9.83. The molecule has 0 unspecified atom stereocenters. The number of aryl methyl sites for hydroxylation is 2. The minimum atomic E-state index is 0.892. The van der Waals surface area contributed by atoms with Crippen LogP contribution in [0.5, 0.6) is 0 Å². The summed E-state index contributed by atoms with van der Waals surface area (Å²) in [6.45, 7) is 4.37. The molecule has 0 aliphatic rings. The van der Waals surface area contributed by atoms with Crippen molar-refractivity contribution in [3.8, 4) is 33.9 Å². The predicted molar refractivity (Wildman–Crippen MR) is 186 cm³/mol. The summed E-state index contributed by atoms with van der Waals surface area (Å²) in [5.41, 5.74) is 12.3. The van der Waals surface area contributed by atoms with Gasteiger partial charge in [0.1, 0.15) is 17.0 Å². The van der Waals surface area contributed by atoms with Crippen LogP contribution in [0.3, 0.4) is 0 Å². The average Bonchev–Trinajstić information content (AvgIpc) is 3.78. The van der Waals surface area contributed by atoms with Crippen molar-refractivity contribution in [1.29, 1.82) is 0 Å². The third-order valence-electron chi connectivity index (χ3n) is 9.03. The molecule has 0 N–H and O–H groups in total. The molecule has 4 heteroatoms. The summed E-state index contributed by atoms with van der Waals surface area (Å²) < 4.78 is 10.9. The zero-order valence-corrected chi connectivity index (χ0v) is 25.0. The number of para-hydroxylation sites is 2. The SMILES string of the molecule is Cc1cc(-c2ccc3oc4ccc(-n5c6ccccc6c6ccccc65)cc4c3c2)cc(C)c1-n1ccnc1-c1ccccc1. The monoisotopic (exact) mass is 579 g/mol. The molecule has 3 aromatic heterocycles. The Morgan fingerprint density at radius 1 is 0.533 bits per heavy atom. The van der Waals surface area contributed by atoms with Gasteiger partial charge in [-0.15, -0.1) is 0 Å². The molecule has 0 radical (unpaired) electrons. The fourth-order valence-corrected chi connectivity index (χ4v) is 7.07. The van der Waals surface area contributed by atoms with Crippen molar-refractivity contribution >= 4 is 43.7 Å². The van der Waals surface area contributed by atoms with Gasteiger partial charge >= 0.3 is 0 Å². The summed E-state index contributed by atoms with van der Waals surface area (Å²) in [5.74, 6) is 0.944. The van der Waals surface area contributed by atoms with Gasteiger partial charge < -0.3 is 8.98 Å². The lowest BCUT2D eigenvalue weighted by Gasteiger charge is -2.16. The van der Waals surface area contributed by atoms with Gasteiger partial charge in [0, 0.05) is 45.2 Å². The number of fused-ring (bicyclic) bond motifs is 6. The largest absolute Gasteiger partial charge is 0.456 e. The van der Waals surface area contributed by atoms with E-state index in [9.17, 15) is 0 Å². The Morgan fingerprint density at radius 2 is 1.16 bits per heavy atom. The second-order valence-corrected chi connectivity index (χ2v) is 11.8. The van der Waals surface area contributed by atoms with Gasteiger partial charge in [0.2, 0.25) is 0 Å². The molecule has 0 amide bonds. The highest BCUT2D eigenvalue weighted by Gasteiger charge is 2.17. The number of imidazole rings is 1. The van der Waals surface area contributed by atoms with Crippen molar-refractivity contribution in [2.75, 3.05) is 0 Å². The summed E-state index contributed by atoms with van der Waals surface area (Å²) in [4.78, 5) is 4.69. The van der Waals surface area contributed by atoms with Crippen LogP contribution in [-0.4, -0.2) is 14.1 Å². The lowest BCUT2D eigenvalue weighted by molar-refractivity contribution is 0.669. The molecule has 0 atom stereocenters. The average molecular weight is 580 g/mol. The van der Waals surface area contributed by atoms with Crippen LogP contribution in [0.25, 0.3) is 77.6 Å². The van der Waals surface area contributed by atoms with Crippen LogP contribution in [0, 0.1) is 13.8 Å². The third-order valence-corrected chi connectivity index (χ3v) is 9.03. The smallest absolute Gasteiger partial charge is 0.144 e. The predicted octanol–water partition coefficient (Wildman–Crippen LogP) is 10.8. The Morgan fingerprint density at radius 3 is 1.87 bits per heavy atom. The molecule has 214 valence electrons. The van der Waals surface area contributed by atoms with Crippen LogP contribution in [0.4, 0.5) is 0 Å². The number of aromatic nitrogens is 3. The molecule has 0 saturated heterocycles. The first-order valence-electron chi connectivity index (χ1n) is 15.3. The summed E-state index contributed by atoms with van der Waals surface area (Å²) >= 11 is 0. The van der Waals surface area contributed by atoms with E-state index in [4.69, 9.17) is 9.40 Å². The molecule has 3 heterocycles. The van der Waals surface area contributed by atoms with Gasteiger partial charge in [-0.1, -0.05) is 72.8 Å². The molecule has 6 aromatic carbocycles. The normalized spacial score (nSPS) is 11.8. The van der Waals surface area contributed by atoms with Crippen molar-refractivity contribution in [3.05, 3.63) is 151 Å². The maximum Gasteiger partial charge on any atom is 0.144 e. The van der Waals surface area contributed by atoms with E-state index in [0.717, 1.165) is 39.0 Å². The second-order valence-electron chi connectivity index (χ2n) is 11.8. The summed E-state index contributed by atoms with van der Waals surface area (Å²) in [6, 6.07) is 45.3. The van der Waals surface area contributed by atoms with Crippen LogP contribution < -0.4 is 0 Å². The van der Waals surface area contributed by atoms with E-state index in [1.165, 1.54) is 49.7 Å². The van der Waals surface area contributed by atoms with E-state index < -0.39 is 0 Å². The molecule has 4 nitrogen and oxygen atoms in total. The molecule has 0 aliphatic heterocycles. The van der Waals surface area contributed by atoms with Gasteiger partial charge in [-0.3, -0.25) is 4.57 Å². The van der Waals surface area contributed by atoms with Crippen LogP contribution in [-0.2, 0) is 0 Å². The van der Waals surface area contributed by atoms with Crippen LogP contribution in [0.15, 0.2) is 144 Å². The Labute approximate surface area is 260 Å². The maximum absolute atomic E-state index is 6.34. The molecular weight excluding hydrogens is 550 g/mol. The van der Waals surface area contributed by atoms with Crippen LogP contribution in [0.2, 0.25) is 0 Å². The van der Waals surface area contributed by atoms with Gasteiger partial charge in [0.15, 0.2) is 0 Å². The zero-order chi connectivity index (χ0) is 30.1. The third kappa shape index (κ3) is 3.96. The van der Waals surface area contributed by atoms with Gasteiger partial charge in [0.25, 0.3) is 0 Å². The zero-order valence-electron chi connectivity index (χ0n) is 25.0. The first-order chi connectivity index (χ1) is 22.1. The van der Waals surface area contributed by atoms with E-state index in [1.54, 1.807) is 0 Å². The quantitative estimate of drug-likeness (QED) is 0.208. The van der Waals surface area contributed by atoms with Crippen molar-refractivity contribution in [3.63, 3.8) is 0 Å².